The first kappa shape index (κ1) is 15.4. The Morgan fingerprint density at radius 3 is 2.65 bits per heavy atom. The van der Waals surface area contributed by atoms with Gasteiger partial charge in [-0.25, -0.2) is 0 Å². The SMILES string of the molecule is COc1cccc(COC(CBr)c2ccccc2Cl)c1. The molecule has 0 saturated carbocycles. The first-order valence-corrected chi connectivity index (χ1v) is 7.79. The third-order valence-corrected chi connectivity index (χ3v) is 3.91. The van der Waals surface area contributed by atoms with Gasteiger partial charge in [-0.15, -0.1) is 0 Å². The van der Waals surface area contributed by atoms with Crippen LogP contribution in [0.2, 0.25) is 5.02 Å². The lowest BCUT2D eigenvalue weighted by molar-refractivity contribution is 0.0565. The van der Waals surface area contributed by atoms with E-state index in [4.69, 9.17) is 21.1 Å². The molecule has 2 rings (SSSR count). The standard InChI is InChI=1S/C16H16BrClO2/c1-19-13-6-4-5-12(9-13)11-20-16(10-17)14-7-2-3-8-15(14)18/h2-9,16H,10-11H2,1H3. The Bertz CT molecular complexity index is 560. The van der Waals surface area contributed by atoms with Crippen molar-refractivity contribution in [1.82, 2.24) is 0 Å². The van der Waals surface area contributed by atoms with Gasteiger partial charge in [-0.1, -0.05) is 57.9 Å². The molecule has 20 heavy (non-hydrogen) atoms. The van der Waals surface area contributed by atoms with Crippen molar-refractivity contribution in [2.45, 2.75) is 12.7 Å². The van der Waals surface area contributed by atoms with Gasteiger partial charge in [-0.05, 0) is 23.8 Å². The number of halogens is 2. The van der Waals surface area contributed by atoms with Gasteiger partial charge in [0.05, 0.1) is 19.8 Å². The van der Waals surface area contributed by atoms with E-state index >= 15 is 0 Å². The number of rotatable bonds is 6. The van der Waals surface area contributed by atoms with Gasteiger partial charge in [0.2, 0.25) is 0 Å². The van der Waals surface area contributed by atoms with Crippen LogP contribution in [-0.4, -0.2) is 12.4 Å². The zero-order valence-electron chi connectivity index (χ0n) is 11.2. The highest BCUT2D eigenvalue weighted by atomic mass is 79.9. The molecule has 106 valence electrons. The van der Waals surface area contributed by atoms with Crippen molar-refractivity contribution < 1.29 is 9.47 Å². The Kier molecular flexibility index (Phi) is 5.89. The van der Waals surface area contributed by atoms with Crippen LogP contribution < -0.4 is 4.74 Å². The van der Waals surface area contributed by atoms with Crippen LogP contribution in [0, 0.1) is 0 Å². The Labute approximate surface area is 132 Å². The van der Waals surface area contributed by atoms with Crippen molar-refractivity contribution in [3.05, 3.63) is 64.7 Å². The third-order valence-electron chi connectivity index (χ3n) is 2.98. The maximum atomic E-state index is 6.21. The van der Waals surface area contributed by atoms with Crippen LogP contribution in [0.4, 0.5) is 0 Å². The summed E-state index contributed by atoms with van der Waals surface area (Å²) in [5, 5.41) is 1.42. The molecule has 0 aromatic heterocycles. The average molecular weight is 356 g/mol. The number of benzene rings is 2. The molecule has 0 spiro atoms. The van der Waals surface area contributed by atoms with E-state index in [0.717, 1.165) is 21.9 Å². The van der Waals surface area contributed by atoms with E-state index in [1.165, 1.54) is 0 Å². The summed E-state index contributed by atoms with van der Waals surface area (Å²) < 4.78 is 11.2. The molecule has 0 aliphatic carbocycles. The summed E-state index contributed by atoms with van der Waals surface area (Å²) in [6.07, 6.45) is -0.0742. The van der Waals surface area contributed by atoms with Crippen LogP contribution in [0.5, 0.6) is 5.75 Å². The van der Waals surface area contributed by atoms with Gasteiger partial charge in [0.25, 0.3) is 0 Å². The first-order valence-electron chi connectivity index (χ1n) is 6.29. The number of alkyl halides is 1. The molecule has 0 bridgehead atoms. The van der Waals surface area contributed by atoms with E-state index in [1.54, 1.807) is 7.11 Å². The van der Waals surface area contributed by atoms with Gasteiger partial charge in [0.15, 0.2) is 0 Å². The van der Waals surface area contributed by atoms with Crippen LogP contribution >= 0.6 is 27.5 Å². The largest absolute Gasteiger partial charge is 0.497 e. The topological polar surface area (TPSA) is 18.5 Å². The Balaban J connectivity index is 2.06. The summed E-state index contributed by atoms with van der Waals surface area (Å²) in [5.41, 5.74) is 2.07. The first-order chi connectivity index (χ1) is 9.74. The molecule has 0 fully saturated rings. The second-order valence-corrected chi connectivity index (χ2v) is 5.38. The minimum Gasteiger partial charge on any atom is -0.497 e. The van der Waals surface area contributed by atoms with Crippen LogP contribution in [0.3, 0.4) is 0 Å². The molecule has 4 heteroatoms. The summed E-state index contributed by atoms with van der Waals surface area (Å²) in [6, 6.07) is 15.6. The highest BCUT2D eigenvalue weighted by Gasteiger charge is 2.14. The fraction of sp³-hybridized carbons (Fsp3) is 0.250. The van der Waals surface area contributed by atoms with Crippen LogP contribution in [0.15, 0.2) is 48.5 Å². The number of hydrogen-bond donors (Lipinski definition) is 0. The molecule has 0 radical (unpaired) electrons. The van der Waals surface area contributed by atoms with Gasteiger partial charge >= 0.3 is 0 Å². The molecular formula is C16H16BrClO2. The van der Waals surface area contributed by atoms with E-state index in [1.807, 2.05) is 48.5 Å². The predicted molar refractivity (Wildman–Crippen MR) is 85.8 cm³/mol. The average Bonchev–Trinajstić information content (AvgIpc) is 2.49. The van der Waals surface area contributed by atoms with E-state index in [9.17, 15) is 0 Å². The molecule has 1 unspecified atom stereocenters. The minimum atomic E-state index is -0.0742. The van der Waals surface area contributed by atoms with Crippen molar-refractivity contribution in [3.63, 3.8) is 0 Å². The molecule has 0 amide bonds. The Morgan fingerprint density at radius 1 is 1.15 bits per heavy atom. The zero-order valence-corrected chi connectivity index (χ0v) is 13.5. The molecular weight excluding hydrogens is 340 g/mol. The lowest BCUT2D eigenvalue weighted by atomic mass is 10.1. The smallest absolute Gasteiger partial charge is 0.119 e. The Morgan fingerprint density at radius 2 is 1.95 bits per heavy atom. The molecule has 0 saturated heterocycles. The van der Waals surface area contributed by atoms with Gasteiger partial charge in [-0.2, -0.15) is 0 Å². The van der Waals surface area contributed by atoms with Crippen LogP contribution in [0.1, 0.15) is 17.2 Å². The molecule has 0 heterocycles. The second-order valence-electron chi connectivity index (χ2n) is 4.33. The van der Waals surface area contributed by atoms with E-state index in [2.05, 4.69) is 15.9 Å². The number of ether oxygens (including phenoxy) is 2. The van der Waals surface area contributed by atoms with E-state index in [-0.39, 0.29) is 6.10 Å². The van der Waals surface area contributed by atoms with Gasteiger partial charge < -0.3 is 9.47 Å². The van der Waals surface area contributed by atoms with E-state index < -0.39 is 0 Å². The summed E-state index contributed by atoms with van der Waals surface area (Å²) in [7, 11) is 1.66. The highest BCUT2D eigenvalue weighted by Crippen LogP contribution is 2.28. The van der Waals surface area contributed by atoms with Crippen molar-refractivity contribution in [1.29, 1.82) is 0 Å². The summed E-state index contributed by atoms with van der Waals surface area (Å²) >= 11 is 9.69. The molecule has 2 aromatic rings. The quantitative estimate of drug-likeness (QED) is 0.679. The normalized spacial score (nSPS) is 12.2. The maximum absolute atomic E-state index is 6.21. The lowest BCUT2D eigenvalue weighted by Crippen LogP contribution is -2.06. The molecule has 0 N–H and O–H groups in total. The van der Waals surface area contributed by atoms with Crippen molar-refractivity contribution in [2.24, 2.45) is 0 Å². The molecule has 2 aromatic carbocycles. The molecule has 2 nitrogen and oxygen atoms in total. The van der Waals surface area contributed by atoms with Crippen molar-refractivity contribution in [3.8, 4) is 5.75 Å². The third kappa shape index (κ3) is 3.98. The van der Waals surface area contributed by atoms with Gasteiger partial charge in [-0.3, -0.25) is 0 Å². The minimum absolute atomic E-state index is 0.0742. The number of methoxy groups -OCH3 is 1. The van der Waals surface area contributed by atoms with E-state index in [0.29, 0.717) is 11.9 Å². The molecule has 0 aliphatic rings. The van der Waals surface area contributed by atoms with Crippen LogP contribution in [0.25, 0.3) is 0 Å². The highest BCUT2D eigenvalue weighted by molar-refractivity contribution is 9.09. The summed E-state index contributed by atoms with van der Waals surface area (Å²) in [6.45, 7) is 0.513. The molecule has 1 atom stereocenters. The van der Waals surface area contributed by atoms with Gasteiger partial charge in [0, 0.05) is 15.9 Å². The fourth-order valence-electron chi connectivity index (χ4n) is 1.91. The maximum Gasteiger partial charge on any atom is 0.119 e. The van der Waals surface area contributed by atoms with Crippen LogP contribution in [-0.2, 0) is 11.3 Å². The van der Waals surface area contributed by atoms with Crippen molar-refractivity contribution >= 4 is 27.5 Å². The summed E-state index contributed by atoms with van der Waals surface area (Å²) in [4.78, 5) is 0. The van der Waals surface area contributed by atoms with Gasteiger partial charge in [0.1, 0.15) is 5.75 Å². The van der Waals surface area contributed by atoms with Crippen molar-refractivity contribution in [2.75, 3.05) is 12.4 Å². The zero-order chi connectivity index (χ0) is 14.4. The number of hydrogen-bond acceptors (Lipinski definition) is 2. The summed E-state index contributed by atoms with van der Waals surface area (Å²) in [5.74, 6) is 0.833. The fourth-order valence-corrected chi connectivity index (χ4v) is 2.71. The molecule has 0 aliphatic heterocycles. The lowest BCUT2D eigenvalue weighted by Gasteiger charge is -2.17. The second kappa shape index (κ2) is 7.67. The monoisotopic (exact) mass is 354 g/mol. The Hall–Kier alpha value is -1.03. The predicted octanol–water partition coefficient (Wildman–Crippen LogP) is 5.00.